The average molecular weight is 338 g/mol. The van der Waals surface area contributed by atoms with E-state index in [1.54, 1.807) is 12.1 Å². The molecular weight excluding hydrogens is 319 g/mol. The fourth-order valence-electron chi connectivity index (χ4n) is 3.38. The van der Waals surface area contributed by atoms with Crippen LogP contribution in [0, 0.1) is 18.2 Å². The van der Waals surface area contributed by atoms with Crippen LogP contribution in [0.4, 0.5) is 4.39 Å². The fourth-order valence-corrected chi connectivity index (χ4v) is 3.38. The zero-order valence-corrected chi connectivity index (χ0v) is 13.7. The van der Waals surface area contributed by atoms with Gasteiger partial charge in [-0.15, -0.1) is 6.42 Å². The van der Waals surface area contributed by atoms with Crippen LogP contribution in [0.25, 0.3) is 0 Å². The first-order valence-corrected chi connectivity index (χ1v) is 8.47. The minimum absolute atomic E-state index is 0.00255. The maximum absolute atomic E-state index is 13.1. The monoisotopic (exact) mass is 338 g/mol. The quantitative estimate of drug-likeness (QED) is 0.770. The maximum atomic E-state index is 13.1. The van der Waals surface area contributed by atoms with E-state index in [0.717, 1.165) is 29.5 Å². The van der Waals surface area contributed by atoms with Gasteiger partial charge in [0.25, 0.3) is 0 Å². The summed E-state index contributed by atoms with van der Waals surface area (Å²) < 4.78 is 31.2. The Kier molecular flexibility index (Phi) is 4.54. The molecule has 0 aromatic heterocycles. The summed E-state index contributed by atoms with van der Waals surface area (Å²) in [5.74, 6) is 2.37. The highest BCUT2D eigenvalue weighted by molar-refractivity contribution is 5.34. The number of ether oxygens (including phenoxy) is 3. The van der Waals surface area contributed by atoms with Gasteiger partial charge >= 0.3 is 0 Å². The summed E-state index contributed by atoms with van der Waals surface area (Å²) in [7, 11) is 0. The second kappa shape index (κ2) is 6.97. The standard InChI is InChI=1S/C21H19FO3/c1-2-14-3-5-16(6-4-14)21-23-13-20-19(25-21)12-11-18(24-20)15-7-9-17(22)10-8-15/h1,3-10,18-21H,11-13H2/t18-,19+,20-,21?/m1/s1. The minimum Gasteiger partial charge on any atom is -0.365 e. The van der Waals surface area contributed by atoms with Crippen LogP contribution in [-0.4, -0.2) is 18.8 Å². The van der Waals surface area contributed by atoms with Crippen LogP contribution < -0.4 is 0 Å². The van der Waals surface area contributed by atoms with Gasteiger partial charge in [-0.05, 0) is 42.7 Å². The summed E-state index contributed by atoms with van der Waals surface area (Å²) in [4.78, 5) is 0. The molecule has 0 spiro atoms. The van der Waals surface area contributed by atoms with Crippen LogP contribution in [0.3, 0.4) is 0 Å². The van der Waals surface area contributed by atoms with Crippen molar-refractivity contribution in [3.05, 3.63) is 71.0 Å². The largest absolute Gasteiger partial charge is 0.365 e. The van der Waals surface area contributed by atoms with E-state index in [1.165, 1.54) is 12.1 Å². The number of terminal acetylenes is 1. The molecule has 4 atom stereocenters. The highest BCUT2D eigenvalue weighted by atomic mass is 19.1. The molecule has 0 aliphatic carbocycles. The molecule has 2 fully saturated rings. The number of hydrogen-bond donors (Lipinski definition) is 0. The molecule has 3 nitrogen and oxygen atoms in total. The Balaban J connectivity index is 1.41. The zero-order valence-electron chi connectivity index (χ0n) is 13.7. The lowest BCUT2D eigenvalue weighted by Gasteiger charge is -2.42. The fraction of sp³-hybridized carbons (Fsp3) is 0.333. The van der Waals surface area contributed by atoms with Crippen LogP contribution in [-0.2, 0) is 14.2 Å². The van der Waals surface area contributed by atoms with Crippen molar-refractivity contribution in [1.29, 1.82) is 0 Å². The van der Waals surface area contributed by atoms with E-state index in [2.05, 4.69) is 5.92 Å². The number of hydrogen-bond acceptors (Lipinski definition) is 3. The SMILES string of the molecule is C#Cc1ccc(C2OC[C@H]3O[C@@H](c4ccc(F)cc4)CC[C@@H]3O2)cc1. The highest BCUT2D eigenvalue weighted by Gasteiger charge is 2.38. The van der Waals surface area contributed by atoms with Crippen molar-refractivity contribution in [3.8, 4) is 12.3 Å². The van der Waals surface area contributed by atoms with Gasteiger partial charge in [-0.2, -0.15) is 0 Å². The summed E-state index contributed by atoms with van der Waals surface area (Å²) in [6.45, 7) is 0.476. The van der Waals surface area contributed by atoms with Gasteiger partial charge < -0.3 is 14.2 Å². The molecule has 4 heteroatoms. The Morgan fingerprint density at radius 2 is 1.60 bits per heavy atom. The van der Waals surface area contributed by atoms with Gasteiger partial charge in [0.2, 0.25) is 0 Å². The molecule has 4 rings (SSSR count). The van der Waals surface area contributed by atoms with Gasteiger partial charge in [-0.1, -0.05) is 30.2 Å². The van der Waals surface area contributed by atoms with Crippen LogP contribution in [0.2, 0.25) is 0 Å². The summed E-state index contributed by atoms with van der Waals surface area (Å²) in [6.07, 6.45) is 6.58. The predicted octanol–water partition coefficient (Wildman–Crippen LogP) is 4.14. The first kappa shape index (κ1) is 16.3. The summed E-state index contributed by atoms with van der Waals surface area (Å²) in [5, 5.41) is 0. The molecule has 2 heterocycles. The van der Waals surface area contributed by atoms with Crippen LogP contribution in [0.1, 0.15) is 41.9 Å². The average Bonchev–Trinajstić information content (AvgIpc) is 2.68. The van der Waals surface area contributed by atoms with E-state index in [4.69, 9.17) is 20.6 Å². The third kappa shape index (κ3) is 3.45. The molecule has 1 unspecified atom stereocenters. The van der Waals surface area contributed by atoms with Gasteiger partial charge in [0, 0.05) is 11.1 Å². The summed E-state index contributed by atoms with van der Waals surface area (Å²) in [5.41, 5.74) is 2.78. The van der Waals surface area contributed by atoms with Crippen molar-refractivity contribution in [1.82, 2.24) is 0 Å². The molecule has 0 N–H and O–H groups in total. The van der Waals surface area contributed by atoms with E-state index in [1.807, 2.05) is 24.3 Å². The lowest BCUT2D eigenvalue weighted by atomic mass is 9.95. The number of rotatable bonds is 2. The zero-order chi connectivity index (χ0) is 17.2. The van der Waals surface area contributed by atoms with Gasteiger partial charge in [0.05, 0.1) is 18.8 Å². The smallest absolute Gasteiger partial charge is 0.184 e. The molecule has 25 heavy (non-hydrogen) atoms. The lowest BCUT2D eigenvalue weighted by Crippen LogP contribution is -2.45. The highest BCUT2D eigenvalue weighted by Crippen LogP contribution is 2.38. The Morgan fingerprint density at radius 3 is 2.32 bits per heavy atom. The number of fused-ring (bicyclic) bond motifs is 1. The van der Waals surface area contributed by atoms with Crippen molar-refractivity contribution in [2.45, 2.75) is 37.4 Å². The van der Waals surface area contributed by atoms with Gasteiger partial charge in [0.1, 0.15) is 11.9 Å². The maximum Gasteiger partial charge on any atom is 0.184 e. The Morgan fingerprint density at radius 1 is 0.880 bits per heavy atom. The second-order valence-electron chi connectivity index (χ2n) is 6.40. The Hall–Kier alpha value is -2.19. The first-order chi connectivity index (χ1) is 12.2. The molecule has 128 valence electrons. The van der Waals surface area contributed by atoms with Crippen molar-refractivity contribution in [2.75, 3.05) is 6.61 Å². The molecule has 2 aliphatic heterocycles. The van der Waals surface area contributed by atoms with Crippen molar-refractivity contribution in [2.24, 2.45) is 0 Å². The normalized spacial score (nSPS) is 28.8. The van der Waals surface area contributed by atoms with Gasteiger partial charge in [0.15, 0.2) is 6.29 Å². The number of halogens is 1. The molecule has 0 bridgehead atoms. The minimum atomic E-state index is -0.390. The van der Waals surface area contributed by atoms with E-state index in [0.29, 0.717) is 6.61 Å². The van der Waals surface area contributed by atoms with Crippen molar-refractivity contribution in [3.63, 3.8) is 0 Å². The molecule has 2 saturated heterocycles. The van der Waals surface area contributed by atoms with Crippen LogP contribution in [0.15, 0.2) is 48.5 Å². The molecule has 0 amide bonds. The lowest BCUT2D eigenvalue weighted by molar-refractivity contribution is -0.289. The molecule has 2 aromatic carbocycles. The van der Waals surface area contributed by atoms with Gasteiger partial charge in [-0.25, -0.2) is 4.39 Å². The molecule has 0 saturated carbocycles. The van der Waals surface area contributed by atoms with Crippen molar-refractivity contribution < 1.29 is 18.6 Å². The molecular formula is C21H19FO3. The molecule has 2 aliphatic rings. The van der Waals surface area contributed by atoms with E-state index < -0.39 is 0 Å². The van der Waals surface area contributed by atoms with Crippen molar-refractivity contribution >= 4 is 0 Å². The number of benzene rings is 2. The van der Waals surface area contributed by atoms with E-state index >= 15 is 0 Å². The third-order valence-corrected chi connectivity index (χ3v) is 4.77. The Labute approximate surface area is 146 Å². The summed E-state index contributed by atoms with van der Waals surface area (Å²) >= 11 is 0. The van der Waals surface area contributed by atoms with E-state index in [9.17, 15) is 4.39 Å². The summed E-state index contributed by atoms with van der Waals surface area (Å²) in [6, 6.07) is 14.1. The molecule has 2 aromatic rings. The molecule has 0 radical (unpaired) electrons. The van der Waals surface area contributed by atoms with Crippen LogP contribution in [0.5, 0.6) is 0 Å². The van der Waals surface area contributed by atoms with Crippen LogP contribution >= 0.6 is 0 Å². The Bertz CT molecular complexity index is 763. The topological polar surface area (TPSA) is 27.7 Å². The first-order valence-electron chi connectivity index (χ1n) is 8.47. The van der Waals surface area contributed by atoms with E-state index in [-0.39, 0.29) is 30.4 Å². The third-order valence-electron chi connectivity index (χ3n) is 4.77. The predicted molar refractivity (Wildman–Crippen MR) is 91.2 cm³/mol. The van der Waals surface area contributed by atoms with Gasteiger partial charge in [-0.3, -0.25) is 0 Å². The second-order valence-corrected chi connectivity index (χ2v) is 6.40.